The number of carbonyl (C=O) groups is 2. The molecular formula is C16H26N4O3. The molecule has 0 saturated carbocycles. The predicted molar refractivity (Wildman–Crippen MR) is 85.7 cm³/mol. The van der Waals surface area contributed by atoms with Gasteiger partial charge in [-0.3, -0.25) is 14.4 Å². The van der Waals surface area contributed by atoms with Gasteiger partial charge in [0, 0.05) is 31.4 Å². The van der Waals surface area contributed by atoms with Crippen molar-refractivity contribution in [1.29, 1.82) is 0 Å². The van der Waals surface area contributed by atoms with E-state index >= 15 is 0 Å². The van der Waals surface area contributed by atoms with Crippen LogP contribution in [0.15, 0.2) is 12.4 Å². The topological polar surface area (TPSA) is 67.7 Å². The summed E-state index contributed by atoms with van der Waals surface area (Å²) in [4.78, 5) is 27.7. The molecule has 0 radical (unpaired) electrons. The lowest BCUT2D eigenvalue weighted by molar-refractivity contribution is -0.132. The lowest BCUT2D eigenvalue weighted by atomic mass is 10.0. The summed E-state index contributed by atoms with van der Waals surface area (Å²) in [5.74, 6) is 0.188. The van der Waals surface area contributed by atoms with Gasteiger partial charge in [-0.15, -0.1) is 0 Å². The molecule has 0 bridgehead atoms. The minimum atomic E-state index is -0.396. The molecule has 23 heavy (non-hydrogen) atoms. The van der Waals surface area contributed by atoms with E-state index in [9.17, 15) is 9.59 Å². The number of cyclic esters (lactones) is 1. The number of amides is 2. The second-order valence-electron chi connectivity index (χ2n) is 6.13. The number of hydrogen-bond donors (Lipinski definition) is 0. The maximum atomic E-state index is 12.6. The van der Waals surface area contributed by atoms with Crippen molar-refractivity contribution in [3.8, 4) is 0 Å². The normalized spacial score (nSPS) is 17.7. The second kappa shape index (κ2) is 7.48. The van der Waals surface area contributed by atoms with Gasteiger partial charge in [0.25, 0.3) is 0 Å². The van der Waals surface area contributed by atoms with Gasteiger partial charge in [-0.25, -0.2) is 4.79 Å². The van der Waals surface area contributed by atoms with Crippen LogP contribution in [-0.4, -0.2) is 57.3 Å². The van der Waals surface area contributed by atoms with E-state index in [1.807, 2.05) is 38.6 Å². The molecule has 2 heterocycles. The van der Waals surface area contributed by atoms with Crippen LogP contribution in [0.1, 0.15) is 33.3 Å². The standard InChI is InChI=1S/C16H26N4O3/c1-5-18(8-13-7-17-19(6-2)9-13)15(21)10-20-14(12(3)4)11-23-16(20)22/h7,9,12,14H,5-6,8,10-11H2,1-4H3. The zero-order valence-corrected chi connectivity index (χ0v) is 14.4. The number of aryl methyl sites for hydroxylation is 1. The molecular weight excluding hydrogens is 296 g/mol. The highest BCUT2D eigenvalue weighted by Gasteiger charge is 2.36. The average Bonchev–Trinajstić information content (AvgIpc) is 3.12. The molecule has 2 rings (SSSR count). The molecule has 1 fully saturated rings. The van der Waals surface area contributed by atoms with Crippen molar-refractivity contribution < 1.29 is 14.3 Å². The molecule has 0 aromatic carbocycles. The Labute approximate surface area is 137 Å². The van der Waals surface area contributed by atoms with Gasteiger partial charge < -0.3 is 9.64 Å². The van der Waals surface area contributed by atoms with Gasteiger partial charge in [0.05, 0.1) is 12.2 Å². The van der Waals surface area contributed by atoms with E-state index in [1.54, 1.807) is 16.0 Å². The van der Waals surface area contributed by atoms with Gasteiger partial charge >= 0.3 is 6.09 Å². The number of hydrogen-bond acceptors (Lipinski definition) is 4. The molecule has 1 atom stereocenters. The Morgan fingerprint density at radius 3 is 2.78 bits per heavy atom. The Balaban J connectivity index is 2.00. The summed E-state index contributed by atoms with van der Waals surface area (Å²) >= 11 is 0. The molecule has 1 unspecified atom stereocenters. The molecule has 0 N–H and O–H groups in total. The molecule has 1 aromatic rings. The van der Waals surface area contributed by atoms with Crippen molar-refractivity contribution >= 4 is 12.0 Å². The number of likely N-dealkylation sites (N-methyl/N-ethyl adjacent to an activating group) is 1. The number of rotatable bonds is 7. The minimum absolute atomic E-state index is 0.0343. The quantitative estimate of drug-likeness (QED) is 0.767. The average molecular weight is 322 g/mol. The molecule has 1 aliphatic rings. The van der Waals surface area contributed by atoms with E-state index < -0.39 is 6.09 Å². The van der Waals surface area contributed by atoms with Gasteiger partial charge in [-0.2, -0.15) is 5.10 Å². The van der Waals surface area contributed by atoms with Crippen molar-refractivity contribution in [2.24, 2.45) is 5.92 Å². The first-order valence-corrected chi connectivity index (χ1v) is 8.18. The molecule has 2 amide bonds. The summed E-state index contributed by atoms with van der Waals surface area (Å²) in [5.41, 5.74) is 0.992. The lowest BCUT2D eigenvalue weighted by Crippen LogP contribution is -2.45. The first-order valence-electron chi connectivity index (χ1n) is 8.18. The first kappa shape index (κ1) is 17.3. The van der Waals surface area contributed by atoms with Crippen LogP contribution < -0.4 is 0 Å². The minimum Gasteiger partial charge on any atom is -0.447 e. The Bertz CT molecular complexity index is 555. The smallest absolute Gasteiger partial charge is 0.410 e. The third kappa shape index (κ3) is 4.03. The van der Waals surface area contributed by atoms with Crippen molar-refractivity contribution in [2.45, 2.75) is 46.8 Å². The Kier molecular flexibility index (Phi) is 5.63. The first-order chi connectivity index (χ1) is 11.0. The third-order valence-electron chi connectivity index (χ3n) is 4.21. The molecule has 7 nitrogen and oxygen atoms in total. The van der Waals surface area contributed by atoms with E-state index in [0.29, 0.717) is 19.7 Å². The van der Waals surface area contributed by atoms with Gasteiger partial charge in [0.15, 0.2) is 0 Å². The van der Waals surface area contributed by atoms with Crippen molar-refractivity contribution in [1.82, 2.24) is 19.6 Å². The highest BCUT2D eigenvalue weighted by molar-refractivity contribution is 5.83. The van der Waals surface area contributed by atoms with Crippen LogP contribution in [0.5, 0.6) is 0 Å². The van der Waals surface area contributed by atoms with E-state index in [-0.39, 0.29) is 24.4 Å². The highest BCUT2D eigenvalue weighted by Crippen LogP contribution is 2.19. The third-order valence-corrected chi connectivity index (χ3v) is 4.21. The second-order valence-corrected chi connectivity index (χ2v) is 6.13. The van der Waals surface area contributed by atoms with Crippen LogP contribution in [0.3, 0.4) is 0 Å². The zero-order chi connectivity index (χ0) is 17.0. The summed E-state index contributed by atoms with van der Waals surface area (Å²) in [5, 5.41) is 4.23. The Morgan fingerprint density at radius 1 is 1.48 bits per heavy atom. The number of carbonyl (C=O) groups excluding carboxylic acids is 2. The fraction of sp³-hybridized carbons (Fsp3) is 0.688. The molecule has 0 aliphatic carbocycles. The van der Waals surface area contributed by atoms with Crippen LogP contribution in [-0.2, 0) is 22.6 Å². The SMILES string of the molecule is CCN(Cc1cnn(CC)c1)C(=O)CN1C(=O)OCC1C(C)C. The zero-order valence-electron chi connectivity index (χ0n) is 14.4. The summed E-state index contributed by atoms with van der Waals surface area (Å²) in [6.45, 7) is 10.3. The largest absolute Gasteiger partial charge is 0.447 e. The van der Waals surface area contributed by atoms with Gasteiger partial charge in [-0.05, 0) is 19.8 Å². The molecule has 1 aromatic heterocycles. The van der Waals surface area contributed by atoms with Crippen LogP contribution in [0, 0.1) is 5.92 Å². The van der Waals surface area contributed by atoms with Crippen LogP contribution >= 0.6 is 0 Å². The summed E-state index contributed by atoms with van der Waals surface area (Å²) in [6.07, 6.45) is 3.32. The molecule has 1 aliphatic heterocycles. The maximum absolute atomic E-state index is 12.6. The summed E-state index contributed by atoms with van der Waals surface area (Å²) in [6, 6.07) is -0.0343. The predicted octanol–water partition coefficient (Wildman–Crippen LogP) is 1.73. The van der Waals surface area contributed by atoms with Crippen LogP contribution in [0.2, 0.25) is 0 Å². The number of ether oxygens (including phenoxy) is 1. The van der Waals surface area contributed by atoms with Crippen molar-refractivity contribution in [3.05, 3.63) is 18.0 Å². The number of nitrogens with zero attached hydrogens (tertiary/aromatic N) is 4. The van der Waals surface area contributed by atoms with E-state index in [4.69, 9.17) is 4.74 Å². The maximum Gasteiger partial charge on any atom is 0.410 e. The van der Waals surface area contributed by atoms with E-state index in [0.717, 1.165) is 12.1 Å². The van der Waals surface area contributed by atoms with Crippen molar-refractivity contribution in [3.63, 3.8) is 0 Å². The van der Waals surface area contributed by atoms with Crippen LogP contribution in [0.25, 0.3) is 0 Å². The highest BCUT2D eigenvalue weighted by atomic mass is 16.6. The van der Waals surface area contributed by atoms with Gasteiger partial charge in [0.2, 0.25) is 5.91 Å². The van der Waals surface area contributed by atoms with Gasteiger partial charge in [0.1, 0.15) is 13.2 Å². The molecule has 7 heteroatoms. The fourth-order valence-electron chi connectivity index (χ4n) is 2.70. The van der Waals surface area contributed by atoms with Gasteiger partial charge in [-0.1, -0.05) is 13.8 Å². The fourth-order valence-corrected chi connectivity index (χ4v) is 2.70. The van der Waals surface area contributed by atoms with E-state index in [1.165, 1.54) is 0 Å². The molecule has 0 spiro atoms. The summed E-state index contributed by atoms with van der Waals surface area (Å²) < 4.78 is 6.93. The van der Waals surface area contributed by atoms with E-state index in [2.05, 4.69) is 5.10 Å². The monoisotopic (exact) mass is 322 g/mol. The Hall–Kier alpha value is -2.05. The lowest BCUT2D eigenvalue weighted by Gasteiger charge is -2.27. The molecule has 128 valence electrons. The van der Waals surface area contributed by atoms with Crippen LogP contribution in [0.4, 0.5) is 4.79 Å². The number of aromatic nitrogens is 2. The summed E-state index contributed by atoms with van der Waals surface area (Å²) in [7, 11) is 0. The molecule has 1 saturated heterocycles. The van der Waals surface area contributed by atoms with Crippen molar-refractivity contribution in [2.75, 3.05) is 19.7 Å². The Morgan fingerprint density at radius 2 is 2.22 bits per heavy atom.